The van der Waals surface area contributed by atoms with Gasteiger partial charge in [-0.25, -0.2) is 4.98 Å². The topological polar surface area (TPSA) is 74.3 Å². The normalized spacial score (nSPS) is 11.2. The minimum atomic E-state index is -0.361. The maximum Gasteiger partial charge on any atom is 0.307 e. The zero-order chi connectivity index (χ0) is 20.4. The van der Waals surface area contributed by atoms with E-state index in [0.29, 0.717) is 17.3 Å². The molecule has 0 radical (unpaired) electrons. The highest BCUT2D eigenvalue weighted by Gasteiger charge is 2.10. The first-order valence-electron chi connectivity index (χ1n) is 9.29. The first-order chi connectivity index (χ1) is 14.0. The number of para-hydroxylation sites is 1. The number of aryl methyl sites for hydroxylation is 2. The summed E-state index contributed by atoms with van der Waals surface area (Å²) in [6, 6.07) is 13.2. The van der Waals surface area contributed by atoms with Crippen LogP contribution in [0, 0.1) is 6.92 Å². The van der Waals surface area contributed by atoms with Gasteiger partial charge in [-0.05, 0) is 42.8 Å². The third-order valence-electron chi connectivity index (χ3n) is 4.75. The predicted molar refractivity (Wildman–Crippen MR) is 114 cm³/mol. The first kappa shape index (κ1) is 19.4. The van der Waals surface area contributed by atoms with E-state index in [1.54, 1.807) is 6.07 Å². The molecule has 6 nitrogen and oxygen atoms in total. The molecule has 29 heavy (non-hydrogen) atoms. The molecule has 2 heterocycles. The van der Waals surface area contributed by atoms with E-state index in [-0.39, 0.29) is 31.1 Å². The van der Waals surface area contributed by atoms with Crippen LogP contribution in [-0.4, -0.2) is 22.1 Å². The lowest BCUT2D eigenvalue weighted by molar-refractivity contribution is -0.143. The quantitative estimate of drug-likeness (QED) is 0.403. The predicted octanol–water partition coefficient (Wildman–Crippen LogP) is 4.39. The summed E-state index contributed by atoms with van der Waals surface area (Å²) >= 11 is 3.43. The molecule has 0 aliphatic carbocycles. The summed E-state index contributed by atoms with van der Waals surface area (Å²) in [7, 11) is 0. The number of furan rings is 1. The second kappa shape index (κ2) is 8.21. The Balaban J connectivity index is 1.32. The van der Waals surface area contributed by atoms with Gasteiger partial charge in [0.1, 0.15) is 11.3 Å². The fraction of sp³-hybridized carbons (Fsp3) is 0.227. The minimum Gasteiger partial charge on any atom is -0.465 e. The van der Waals surface area contributed by atoms with Gasteiger partial charge < -0.3 is 9.15 Å². The molecule has 0 saturated carbocycles. The molecule has 4 aromatic rings. The molecule has 4 rings (SSSR count). The smallest absolute Gasteiger partial charge is 0.307 e. The van der Waals surface area contributed by atoms with Gasteiger partial charge >= 0.3 is 5.97 Å². The average Bonchev–Trinajstić information content (AvgIpc) is 3.10. The number of ether oxygens (including phenoxy) is 1. The Morgan fingerprint density at radius 2 is 2.10 bits per heavy atom. The van der Waals surface area contributed by atoms with Crippen LogP contribution in [0.5, 0.6) is 0 Å². The maximum absolute atomic E-state index is 12.6. The minimum absolute atomic E-state index is 0.103. The van der Waals surface area contributed by atoms with Crippen LogP contribution in [0.3, 0.4) is 0 Å². The van der Waals surface area contributed by atoms with Crippen molar-refractivity contribution in [3.63, 3.8) is 0 Å². The van der Waals surface area contributed by atoms with Gasteiger partial charge in [0.2, 0.25) is 0 Å². The number of nitrogens with zero attached hydrogens (tertiary/aromatic N) is 2. The van der Waals surface area contributed by atoms with E-state index >= 15 is 0 Å². The molecule has 148 valence electrons. The maximum atomic E-state index is 12.6. The molecule has 2 aromatic carbocycles. The highest BCUT2D eigenvalue weighted by atomic mass is 79.9. The van der Waals surface area contributed by atoms with Crippen molar-refractivity contribution in [1.29, 1.82) is 0 Å². The van der Waals surface area contributed by atoms with Crippen molar-refractivity contribution in [2.24, 2.45) is 0 Å². The summed E-state index contributed by atoms with van der Waals surface area (Å²) in [5.74, 6) is 0.399. The van der Waals surface area contributed by atoms with E-state index in [1.807, 2.05) is 43.3 Å². The lowest BCUT2D eigenvalue weighted by atomic mass is 10.1. The Morgan fingerprint density at radius 3 is 2.97 bits per heavy atom. The van der Waals surface area contributed by atoms with E-state index in [0.717, 1.165) is 26.8 Å². The van der Waals surface area contributed by atoms with Crippen LogP contribution in [0.4, 0.5) is 0 Å². The number of hydrogen-bond donors (Lipinski definition) is 0. The third kappa shape index (κ3) is 4.24. The highest BCUT2D eigenvalue weighted by Crippen LogP contribution is 2.23. The molecule has 2 aromatic heterocycles. The average molecular weight is 455 g/mol. The van der Waals surface area contributed by atoms with Gasteiger partial charge in [-0.2, -0.15) is 0 Å². The molecule has 0 fully saturated rings. The number of hydrogen-bond acceptors (Lipinski definition) is 5. The van der Waals surface area contributed by atoms with Crippen LogP contribution >= 0.6 is 15.9 Å². The number of carbonyl (C=O) groups is 1. The van der Waals surface area contributed by atoms with Crippen LogP contribution < -0.4 is 5.56 Å². The molecule has 0 unspecified atom stereocenters. The Morgan fingerprint density at radius 1 is 1.24 bits per heavy atom. The summed E-state index contributed by atoms with van der Waals surface area (Å²) in [6.45, 7) is 2.37. The van der Waals surface area contributed by atoms with Crippen molar-refractivity contribution >= 4 is 43.8 Å². The van der Waals surface area contributed by atoms with Crippen LogP contribution in [-0.2, 0) is 22.5 Å². The number of esters is 1. The monoisotopic (exact) mass is 454 g/mol. The van der Waals surface area contributed by atoms with Gasteiger partial charge in [0, 0.05) is 22.8 Å². The largest absolute Gasteiger partial charge is 0.465 e. The summed E-state index contributed by atoms with van der Waals surface area (Å²) in [5, 5.41) is 1.55. The van der Waals surface area contributed by atoms with Gasteiger partial charge in [-0.15, -0.1) is 0 Å². The number of aromatic nitrogens is 2. The van der Waals surface area contributed by atoms with Gasteiger partial charge in [-0.1, -0.05) is 28.1 Å². The fourth-order valence-electron chi connectivity index (χ4n) is 3.24. The van der Waals surface area contributed by atoms with Crippen molar-refractivity contribution in [2.45, 2.75) is 26.3 Å². The summed E-state index contributed by atoms with van der Waals surface area (Å²) in [4.78, 5) is 29.0. The number of benzene rings is 2. The van der Waals surface area contributed by atoms with Crippen LogP contribution in [0.2, 0.25) is 0 Å². The molecule has 0 bridgehead atoms. The SMILES string of the molecule is Cc1cccc2c(=O)n(CCC(=O)OCCc3cc4cc(Br)ccc4o3)cnc12. The van der Waals surface area contributed by atoms with Crippen molar-refractivity contribution in [1.82, 2.24) is 9.55 Å². The van der Waals surface area contributed by atoms with Crippen molar-refractivity contribution < 1.29 is 13.9 Å². The lowest BCUT2D eigenvalue weighted by Gasteiger charge is -2.08. The summed E-state index contributed by atoms with van der Waals surface area (Å²) in [5.41, 5.74) is 2.28. The van der Waals surface area contributed by atoms with Crippen molar-refractivity contribution in [2.75, 3.05) is 6.61 Å². The van der Waals surface area contributed by atoms with Gasteiger partial charge in [0.05, 0.1) is 30.3 Å². The van der Waals surface area contributed by atoms with E-state index in [4.69, 9.17) is 9.15 Å². The molecule has 0 saturated heterocycles. The Labute approximate surface area is 175 Å². The van der Waals surface area contributed by atoms with Gasteiger partial charge in [0.15, 0.2) is 0 Å². The third-order valence-corrected chi connectivity index (χ3v) is 5.25. The van der Waals surface area contributed by atoms with Crippen LogP contribution in [0.15, 0.2) is 62.5 Å². The lowest BCUT2D eigenvalue weighted by Crippen LogP contribution is -2.22. The molecule has 0 aliphatic heterocycles. The summed E-state index contributed by atoms with van der Waals surface area (Å²) < 4.78 is 13.5. The van der Waals surface area contributed by atoms with E-state index in [1.165, 1.54) is 10.9 Å². The second-order valence-electron chi connectivity index (χ2n) is 6.83. The van der Waals surface area contributed by atoms with E-state index in [2.05, 4.69) is 20.9 Å². The standard InChI is InChI=1S/C22H19BrN2O4/c1-14-3-2-4-18-21(14)24-13-25(22(18)27)9-7-20(26)28-10-8-17-12-15-11-16(23)5-6-19(15)29-17/h2-6,11-13H,7-10H2,1H3. The molecule has 0 spiro atoms. The van der Waals surface area contributed by atoms with Crippen molar-refractivity contribution in [3.05, 3.63) is 74.9 Å². The number of carbonyl (C=O) groups excluding carboxylic acids is 1. The van der Waals surface area contributed by atoms with E-state index in [9.17, 15) is 9.59 Å². The molecule has 0 aliphatic rings. The Hall–Kier alpha value is -2.93. The molecule has 7 heteroatoms. The van der Waals surface area contributed by atoms with Gasteiger partial charge in [0.25, 0.3) is 5.56 Å². The van der Waals surface area contributed by atoms with Crippen molar-refractivity contribution in [3.8, 4) is 0 Å². The Bertz CT molecular complexity index is 1260. The van der Waals surface area contributed by atoms with Crippen LogP contribution in [0.25, 0.3) is 21.9 Å². The zero-order valence-electron chi connectivity index (χ0n) is 15.9. The molecular formula is C22H19BrN2O4. The van der Waals surface area contributed by atoms with Crippen LogP contribution in [0.1, 0.15) is 17.7 Å². The first-order valence-corrected chi connectivity index (χ1v) is 10.1. The van der Waals surface area contributed by atoms with Gasteiger partial charge in [-0.3, -0.25) is 14.2 Å². The second-order valence-corrected chi connectivity index (χ2v) is 7.75. The highest BCUT2D eigenvalue weighted by molar-refractivity contribution is 9.10. The fourth-order valence-corrected chi connectivity index (χ4v) is 3.62. The number of halogens is 1. The molecule has 0 atom stereocenters. The Kier molecular flexibility index (Phi) is 5.49. The summed E-state index contributed by atoms with van der Waals surface area (Å²) in [6.07, 6.45) is 2.08. The molecular weight excluding hydrogens is 436 g/mol. The number of rotatable bonds is 6. The number of fused-ring (bicyclic) bond motifs is 2. The molecule has 0 N–H and O–H groups in total. The van der Waals surface area contributed by atoms with E-state index < -0.39 is 0 Å². The zero-order valence-corrected chi connectivity index (χ0v) is 17.4. The molecule has 0 amide bonds.